The van der Waals surface area contributed by atoms with E-state index in [2.05, 4.69) is 11.9 Å². The maximum atomic E-state index is 12.8. The Labute approximate surface area is 118 Å². The largest absolute Gasteiger partial charge is 0.383 e. The number of nitrogens with two attached hydrogens (primary N) is 2. The highest BCUT2D eigenvalue weighted by molar-refractivity contribution is 6.31. The number of halogens is 1. The third kappa shape index (κ3) is 2.74. The van der Waals surface area contributed by atoms with Crippen molar-refractivity contribution in [2.24, 2.45) is 17.1 Å². The van der Waals surface area contributed by atoms with Gasteiger partial charge in [-0.05, 0) is 37.7 Å². The first-order chi connectivity index (χ1) is 8.98. The van der Waals surface area contributed by atoms with E-state index >= 15 is 0 Å². The van der Waals surface area contributed by atoms with E-state index in [1.165, 1.54) is 6.20 Å². The van der Waals surface area contributed by atoms with Gasteiger partial charge in [0.15, 0.2) is 5.78 Å². The molecule has 0 unspecified atom stereocenters. The Bertz CT molecular complexity index is 482. The van der Waals surface area contributed by atoms with Crippen LogP contribution in [-0.4, -0.2) is 17.3 Å². The number of nitrogens with zero attached hydrogens (tertiary/aromatic N) is 1. The Balaban J connectivity index is 2.33. The lowest BCUT2D eigenvalue weighted by atomic mass is 9.67. The summed E-state index contributed by atoms with van der Waals surface area (Å²) < 4.78 is 0. The predicted molar refractivity (Wildman–Crippen MR) is 77.1 cm³/mol. The average molecular weight is 282 g/mol. The minimum absolute atomic E-state index is 0.00519. The first kappa shape index (κ1) is 14.3. The van der Waals surface area contributed by atoms with E-state index in [1.54, 1.807) is 6.07 Å². The second kappa shape index (κ2) is 5.47. The molecular weight excluding hydrogens is 262 g/mol. The van der Waals surface area contributed by atoms with Crippen LogP contribution in [0.4, 0.5) is 5.82 Å². The van der Waals surface area contributed by atoms with Crippen LogP contribution < -0.4 is 11.5 Å². The third-order valence-electron chi connectivity index (χ3n) is 4.23. The fraction of sp³-hybridized carbons (Fsp3) is 0.571. The van der Waals surface area contributed by atoms with Gasteiger partial charge < -0.3 is 11.5 Å². The van der Waals surface area contributed by atoms with Crippen LogP contribution in [0.2, 0.25) is 5.02 Å². The zero-order chi connectivity index (χ0) is 14.0. The second-order valence-electron chi connectivity index (χ2n) is 5.58. The van der Waals surface area contributed by atoms with E-state index in [0.717, 1.165) is 25.7 Å². The van der Waals surface area contributed by atoms with E-state index in [4.69, 9.17) is 23.1 Å². The van der Waals surface area contributed by atoms with Gasteiger partial charge in [0.25, 0.3) is 0 Å². The molecule has 104 valence electrons. The van der Waals surface area contributed by atoms with Crippen LogP contribution in [0.3, 0.4) is 0 Å². The number of carbonyl (C=O) groups is 1. The Morgan fingerprint density at radius 2 is 2.16 bits per heavy atom. The quantitative estimate of drug-likeness (QED) is 0.835. The van der Waals surface area contributed by atoms with Gasteiger partial charge in [-0.1, -0.05) is 18.5 Å². The molecule has 1 fully saturated rings. The second-order valence-corrected chi connectivity index (χ2v) is 6.02. The van der Waals surface area contributed by atoms with Gasteiger partial charge in [-0.25, -0.2) is 4.98 Å². The van der Waals surface area contributed by atoms with E-state index in [0.29, 0.717) is 23.0 Å². The van der Waals surface area contributed by atoms with Gasteiger partial charge in [0, 0.05) is 18.2 Å². The smallest absolute Gasteiger partial charge is 0.174 e. The molecule has 0 spiro atoms. The summed E-state index contributed by atoms with van der Waals surface area (Å²) in [5.74, 6) is 0.887. The number of Topliss-reactive ketones (excluding diaryl/α,β-unsaturated/α-hetero) is 1. The first-order valence-corrected chi connectivity index (χ1v) is 7.02. The van der Waals surface area contributed by atoms with Crippen molar-refractivity contribution < 1.29 is 4.79 Å². The monoisotopic (exact) mass is 281 g/mol. The normalized spacial score (nSPS) is 27.2. The molecule has 4 N–H and O–H groups in total. The Morgan fingerprint density at radius 3 is 2.74 bits per heavy atom. The molecule has 0 aliphatic heterocycles. The van der Waals surface area contributed by atoms with E-state index in [-0.39, 0.29) is 11.6 Å². The minimum atomic E-state index is -0.493. The van der Waals surface area contributed by atoms with Crippen LogP contribution in [0, 0.1) is 11.3 Å². The molecule has 1 aliphatic carbocycles. The summed E-state index contributed by atoms with van der Waals surface area (Å²) >= 11 is 5.91. The van der Waals surface area contributed by atoms with Gasteiger partial charge in [-0.15, -0.1) is 0 Å². The van der Waals surface area contributed by atoms with Crippen molar-refractivity contribution in [1.82, 2.24) is 4.98 Å². The predicted octanol–water partition coefficient (Wildman–Crippen LogP) is 2.66. The van der Waals surface area contributed by atoms with Crippen molar-refractivity contribution in [2.75, 3.05) is 12.3 Å². The molecule has 0 amide bonds. The van der Waals surface area contributed by atoms with Crippen LogP contribution in [0.5, 0.6) is 0 Å². The Hall–Kier alpha value is -1.13. The summed E-state index contributed by atoms with van der Waals surface area (Å²) in [6.45, 7) is 2.56. The lowest BCUT2D eigenvalue weighted by molar-refractivity contribution is 0.0696. The molecule has 0 bridgehead atoms. The summed E-state index contributed by atoms with van der Waals surface area (Å²) in [5.41, 5.74) is 11.6. The maximum Gasteiger partial charge on any atom is 0.174 e. The zero-order valence-electron chi connectivity index (χ0n) is 11.2. The fourth-order valence-electron chi connectivity index (χ4n) is 2.76. The summed E-state index contributed by atoms with van der Waals surface area (Å²) in [5, 5.41) is 0.425. The molecule has 1 aromatic rings. The van der Waals surface area contributed by atoms with Crippen LogP contribution in [0.1, 0.15) is 43.0 Å². The van der Waals surface area contributed by atoms with Gasteiger partial charge in [-0.2, -0.15) is 0 Å². The van der Waals surface area contributed by atoms with Crippen molar-refractivity contribution >= 4 is 23.2 Å². The molecule has 0 saturated heterocycles. The summed E-state index contributed by atoms with van der Waals surface area (Å²) in [6.07, 6.45) is 5.13. The molecule has 0 radical (unpaired) electrons. The standard InChI is InChI=1S/C14H20ClN3O/c1-9-2-4-14(8-16,5-3-9)12(19)11-6-10(15)7-18-13(11)17/h6-7,9H,2-5,8,16H2,1H3,(H2,17,18). The molecule has 5 heteroatoms. The van der Waals surface area contributed by atoms with Gasteiger partial charge in [0.1, 0.15) is 5.82 Å². The number of hydrogen-bond donors (Lipinski definition) is 2. The number of anilines is 1. The molecule has 1 heterocycles. The number of ketones is 1. The van der Waals surface area contributed by atoms with E-state index in [1.807, 2.05) is 0 Å². The van der Waals surface area contributed by atoms with Crippen molar-refractivity contribution in [1.29, 1.82) is 0 Å². The number of pyridine rings is 1. The van der Waals surface area contributed by atoms with Crippen LogP contribution in [0.25, 0.3) is 0 Å². The summed E-state index contributed by atoms with van der Waals surface area (Å²) in [7, 11) is 0. The molecule has 0 atom stereocenters. The third-order valence-corrected chi connectivity index (χ3v) is 4.44. The van der Waals surface area contributed by atoms with Gasteiger partial charge >= 0.3 is 0 Å². The van der Waals surface area contributed by atoms with Crippen LogP contribution in [0.15, 0.2) is 12.3 Å². The van der Waals surface area contributed by atoms with Gasteiger partial charge in [0.2, 0.25) is 0 Å². The van der Waals surface area contributed by atoms with Crippen molar-refractivity contribution in [3.63, 3.8) is 0 Å². The van der Waals surface area contributed by atoms with Crippen LogP contribution >= 0.6 is 11.6 Å². The molecule has 1 aromatic heterocycles. The van der Waals surface area contributed by atoms with Gasteiger partial charge in [-0.3, -0.25) is 4.79 Å². The lowest BCUT2D eigenvalue weighted by Gasteiger charge is -2.37. The molecule has 0 aromatic carbocycles. The Morgan fingerprint density at radius 1 is 1.53 bits per heavy atom. The molecule has 4 nitrogen and oxygen atoms in total. The van der Waals surface area contributed by atoms with E-state index in [9.17, 15) is 4.79 Å². The van der Waals surface area contributed by atoms with Crippen molar-refractivity contribution in [3.8, 4) is 0 Å². The first-order valence-electron chi connectivity index (χ1n) is 6.64. The molecule has 2 rings (SSSR count). The highest BCUT2D eigenvalue weighted by Gasteiger charge is 2.41. The topological polar surface area (TPSA) is 82.0 Å². The molecular formula is C14H20ClN3O. The maximum absolute atomic E-state index is 12.8. The molecule has 19 heavy (non-hydrogen) atoms. The van der Waals surface area contributed by atoms with E-state index < -0.39 is 5.41 Å². The lowest BCUT2D eigenvalue weighted by Crippen LogP contribution is -2.42. The minimum Gasteiger partial charge on any atom is -0.383 e. The summed E-state index contributed by atoms with van der Waals surface area (Å²) in [4.78, 5) is 16.7. The van der Waals surface area contributed by atoms with Gasteiger partial charge in [0.05, 0.1) is 10.6 Å². The highest BCUT2D eigenvalue weighted by Crippen LogP contribution is 2.41. The molecule has 1 aliphatic rings. The number of carbonyl (C=O) groups excluding carboxylic acids is 1. The number of aromatic nitrogens is 1. The van der Waals surface area contributed by atoms with Crippen molar-refractivity contribution in [3.05, 3.63) is 22.8 Å². The zero-order valence-corrected chi connectivity index (χ0v) is 11.9. The number of hydrogen-bond acceptors (Lipinski definition) is 4. The van der Waals surface area contributed by atoms with Crippen LogP contribution in [-0.2, 0) is 0 Å². The Kier molecular flexibility index (Phi) is 4.11. The number of rotatable bonds is 3. The SMILES string of the molecule is CC1CCC(CN)(C(=O)c2cc(Cl)cnc2N)CC1. The molecule has 1 saturated carbocycles. The highest BCUT2D eigenvalue weighted by atomic mass is 35.5. The number of nitrogen functional groups attached to an aromatic ring is 1. The fourth-order valence-corrected chi connectivity index (χ4v) is 2.91. The van der Waals surface area contributed by atoms with Crippen molar-refractivity contribution in [2.45, 2.75) is 32.6 Å². The average Bonchev–Trinajstić information content (AvgIpc) is 2.42. The summed E-state index contributed by atoms with van der Waals surface area (Å²) in [6, 6.07) is 1.60.